The Morgan fingerprint density at radius 2 is 2.40 bits per heavy atom. The molecule has 0 aliphatic rings. The minimum absolute atomic E-state index is 0. The van der Waals surface area contributed by atoms with E-state index < -0.39 is 25.4 Å². The molecule has 0 aromatic carbocycles. The van der Waals surface area contributed by atoms with Crippen molar-refractivity contribution >= 4 is 37.2 Å². The minimum atomic E-state index is -1.10. The molecular formula is HINPSU. The summed E-state index contributed by atoms with van der Waals surface area (Å²) in [5, 5.41) is 0. The summed E-state index contributed by atoms with van der Waals surface area (Å²) in [5.74, 6) is 0. The summed E-state index contributed by atoms with van der Waals surface area (Å²) in [6, 6.07) is 0. The Morgan fingerprint density at radius 1 is 2.20 bits per heavy atom. The van der Waals surface area contributed by atoms with E-state index in [1.165, 1.54) is 0 Å². The van der Waals surface area contributed by atoms with Crippen molar-refractivity contribution in [2.24, 2.45) is 0 Å². The fourth-order valence-electron chi connectivity index (χ4n) is 0. The molecule has 0 aromatic rings. The predicted molar refractivity (Wildman–Crippen MR) is 33.1 cm³/mol. The van der Waals surface area contributed by atoms with Crippen LogP contribution in [0, 0.1) is 31.1 Å². The second kappa shape index (κ2) is 9.44. The fourth-order valence-corrected chi connectivity index (χ4v) is 0. The SMILES string of the molecule is [3H][P+](=S)I=[N-].[U]. The van der Waals surface area contributed by atoms with Gasteiger partial charge in [-0.25, -0.2) is 0 Å². The van der Waals surface area contributed by atoms with E-state index in [4.69, 9.17) is 4.84 Å². The predicted octanol–water partition coefficient (Wildman–Crippen LogP) is 1.77. The van der Waals surface area contributed by atoms with E-state index >= 15 is 0 Å². The van der Waals surface area contributed by atoms with Gasteiger partial charge in [-0.15, -0.1) is 0 Å². The summed E-state index contributed by atoms with van der Waals surface area (Å²) < 4.78 is 14.5. The summed E-state index contributed by atoms with van der Waals surface area (Å²) in [7, 11) is 0. The van der Waals surface area contributed by atoms with Gasteiger partial charge >= 0.3 is 1.28 Å². The second-order valence-corrected chi connectivity index (χ2v) is 5.69. The Bertz CT molecular complexity index is 66.6. The molecule has 0 saturated carbocycles. The molecule has 0 fully saturated rings. The van der Waals surface area contributed by atoms with Gasteiger partial charge in [-0.1, -0.05) is 0 Å². The third-order valence-electron chi connectivity index (χ3n) is 0.0309. The molecule has 5 heavy (non-hydrogen) atoms. The van der Waals surface area contributed by atoms with Crippen molar-refractivity contribution in [3.63, 3.8) is 0 Å². The first-order valence-electron chi connectivity index (χ1n) is 0.968. The van der Waals surface area contributed by atoms with Crippen molar-refractivity contribution < 1.29 is 31.1 Å². The maximum atomic E-state index is 7.99. The van der Waals surface area contributed by atoms with Crippen LogP contribution in [0.15, 0.2) is 0 Å². The van der Waals surface area contributed by atoms with Crippen molar-refractivity contribution in [2.45, 2.75) is 0 Å². The van der Waals surface area contributed by atoms with Crippen LogP contribution in [0.25, 0.3) is 3.56 Å². The summed E-state index contributed by atoms with van der Waals surface area (Å²) >= 11 is 3.40. The van der Waals surface area contributed by atoms with Crippen LogP contribution >= 0.6 is 25.4 Å². The molecule has 0 heterocycles. The average Bonchev–Trinajstić information content (AvgIpc) is 1.38. The Balaban J connectivity index is 0. The van der Waals surface area contributed by atoms with Gasteiger partial charge in [0.15, 0.2) is 16.8 Å². The summed E-state index contributed by atoms with van der Waals surface area (Å²) in [6.07, 6.45) is 0. The van der Waals surface area contributed by atoms with Crippen molar-refractivity contribution in [3.05, 3.63) is 3.56 Å². The van der Waals surface area contributed by atoms with Gasteiger partial charge in [0, 0.05) is 51.6 Å². The van der Waals surface area contributed by atoms with Crippen molar-refractivity contribution in [1.82, 2.24) is 0 Å². The topological polar surface area (TPSA) is 22.3 Å². The van der Waals surface area contributed by atoms with Gasteiger partial charge in [0.05, 0.1) is 0 Å². The third kappa shape index (κ3) is 10.7. The van der Waals surface area contributed by atoms with Crippen LogP contribution in [-0.2, 0) is 11.8 Å². The van der Waals surface area contributed by atoms with E-state index in [-0.39, 0.29) is 31.1 Å². The molecule has 0 saturated heterocycles. The molecule has 1 atom stereocenters. The number of halogens is 1. The number of rotatable bonds is 1. The zero-order valence-electron chi connectivity index (χ0n) is 3.18. The molecule has 0 aromatic heterocycles. The second-order valence-electron chi connectivity index (χ2n) is 0.145. The average molecular weight is 445 g/mol. The Labute approximate surface area is 72.1 Å². The van der Waals surface area contributed by atoms with Crippen LogP contribution in [0.2, 0.25) is 0 Å². The molecule has 28 valence electrons. The van der Waals surface area contributed by atoms with Crippen LogP contribution in [0.3, 0.4) is 0 Å². The van der Waals surface area contributed by atoms with Crippen LogP contribution in [0.5, 0.6) is 0 Å². The van der Waals surface area contributed by atoms with E-state index in [1.54, 1.807) is 0 Å². The Morgan fingerprint density at radius 3 is 2.40 bits per heavy atom. The van der Waals surface area contributed by atoms with E-state index in [2.05, 4.69) is 11.8 Å². The zero-order valence-corrected chi connectivity index (χ0v) is 10.2. The molecule has 0 aliphatic heterocycles. The Hall–Kier alpha value is 2.10. The van der Waals surface area contributed by atoms with Gasteiger partial charge in [-0.2, -0.15) is 0 Å². The quantitative estimate of drug-likeness (QED) is 0.446. The molecule has 1 unspecified atom stereocenters. The van der Waals surface area contributed by atoms with E-state index in [1.807, 2.05) is 0 Å². The van der Waals surface area contributed by atoms with Gasteiger partial charge in [0.1, 0.15) is 0 Å². The maximum absolute atomic E-state index is 7.99. The maximum Gasteiger partial charge on any atom is 0.362 e. The Kier molecular flexibility index (Phi) is 13.4. The minimum Gasteiger partial charge on any atom is -0.732 e. The van der Waals surface area contributed by atoms with Crippen LogP contribution in [0.1, 0.15) is 0 Å². The standard InChI is InChI=1S/INPS.U/c2-1-3-4;/q-1;/p+1/i/hT. The molecule has 0 N–H and O–H groups in total. The monoisotopic (exact) mass is 445 g/mol. The first-order valence-corrected chi connectivity index (χ1v) is 6.18. The van der Waals surface area contributed by atoms with Gasteiger partial charge in [-0.05, 0) is 0 Å². The van der Waals surface area contributed by atoms with Crippen LogP contribution < -0.4 is 0 Å². The molecule has 0 aliphatic carbocycles. The van der Waals surface area contributed by atoms with Crippen molar-refractivity contribution in [1.29, 1.82) is 1.28 Å². The smallest absolute Gasteiger partial charge is 0.362 e. The van der Waals surface area contributed by atoms with E-state index in [9.17, 15) is 0 Å². The van der Waals surface area contributed by atoms with Gasteiger partial charge in [0.2, 0.25) is 0 Å². The number of hydrogen-bond donors (Lipinski definition) is 0. The normalized spacial score (nSPS) is 11.2. The zero-order chi connectivity index (χ0) is 4.28. The molecule has 5 heteroatoms. The summed E-state index contributed by atoms with van der Waals surface area (Å²) in [5.41, 5.74) is 0. The van der Waals surface area contributed by atoms with Crippen LogP contribution in [-0.4, -0.2) is 1.28 Å². The van der Waals surface area contributed by atoms with Gasteiger partial charge in [-0.3, -0.25) is 0 Å². The van der Waals surface area contributed by atoms with Crippen molar-refractivity contribution in [3.8, 4) is 0 Å². The third-order valence-corrected chi connectivity index (χ3v) is 1.86. The molecular weight excluding hydrogens is 442 g/mol. The summed E-state index contributed by atoms with van der Waals surface area (Å²) in [4.78, 5) is -1.10. The molecule has 0 amide bonds. The molecule has 0 bridgehead atoms. The van der Waals surface area contributed by atoms with Gasteiger partial charge < -0.3 is 3.56 Å². The number of hydrogen-bond acceptors (Lipinski definition) is 1. The molecule has 0 radical (unpaired) electrons. The van der Waals surface area contributed by atoms with Gasteiger partial charge in [0.25, 0.3) is 0 Å². The number of nitrogens with zero attached hydrogens (tertiary/aromatic N) is 1. The molecule has 1 nitrogen and oxygen atoms in total. The largest absolute Gasteiger partial charge is 0.732 e. The first-order chi connectivity index (χ1) is 2.27. The summed E-state index contributed by atoms with van der Waals surface area (Å²) in [6.45, 7) is 0. The van der Waals surface area contributed by atoms with E-state index in [0.717, 1.165) is 0 Å². The van der Waals surface area contributed by atoms with E-state index in [0.29, 0.717) is 0 Å². The fraction of sp³-hybridized carbons (Fsp3) is 0. The van der Waals surface area contributed by atoms with Crippen LogP contribution in [0.4, 0.5) is 0 Å². The van der Waals surface area contributed by atoms with Crippen molar-refractivity contribution in [2.75, 3.05) is 0 Å². The first kappa shape index (κ1) is 7.10. The molecule has 0 rings (SSSR count). The molecule has 0 spiro atoms.